The molecule has 0 radical (unpaired) electrons. The van der Waals surface area contributed by atoms with Gasteiger partial charge >= 0.3 is 5.97 Å². The summed E-state index contributed by atoms with van der Waals surface area (Å²) in [7, 11) is 0. The third-order valence-electron chi connectivity index (χ3n) is 4.01. The van der Waals surface area contributed by atoms with Gasteiger partial charge in [0.05, 0.1) is 0 Å². The van der Waals surface area contributed by atoms with E-state index in [0.717, 1.165) is 12.8 Å². The number of hydrogen-bond acceptors (Lipinski definition) is 4. The number of aryl methyl sites for hydroxylation is 3. The highest BCUT2D eigenvalue weighted by molar-refractivity contribution is 5.93. The number of ether oxygens (including phenoxy) is 1. The van der Waals surface area contributed by atoms with Crippen LogP contribution in [0.5, 0.6) is 0 Å². The minimum atomic E-state index is -0.860. The number of rotatable bonds is 7. The minimum absolute atomic E-state index is 0.00763. The first-order chi connectivity index (χ1) is 11.9. The van der Waals surface area contributed by atoms with Gasteiger partial charge in [0.2, 0.25) is 0 Å². The molecule has 0 bridgehead atoms. The summed E-state index contributed by atoms with van der Waals surface area (Å²) in [5.41, 5.74) is 1.59. The molecule has 0 saturated heterocycles. The molecule has 0 unspecified atom stereocenters. The number of furan rings is 1. The lowest BCUT2D eigenvalue weighted by Crippen LogP contribution is -2.41. The molecule has 1 aromatic heterocycles. The molecule has 0 aliphatic rings. The van der Waals surface area contributed by atoms with Crippen LogP contribution in [-0.2, 0) is 16.0 Å². The van der Waals surface area contributed by atoms with E-state index in [2.05, 4.69) is 17.4 Å². The molecule has 2 aromatic rings. The van der Waals surface area contributed by atoms with Crippen molar-refractivity contribution in [2.75, 3.05) is 0 Å². The fourth-order valence-electron chi connectivity index (χ4n) is 2.57. The number of carbonyl (C=O) groups is 2. The topological polar surface area (TPSA) is 68.5 Å². The smallest absolute Gasteiger partial charge is 0.342 e. The Bertz CT molecular complexity index is 721. The van der Waals surface area contributed by atoms with Gasteiger partial charge in [-0.15, -0.1) is 0 Å². The maximum absolute atomic E-state index is 12.2. The van der Waals surface area contributed by atoms with Crippen LogP contribution in [0.4, 0.5) is 0 Å². The third-order valence-corrected chi connectivity index (χ3v) is 4.01. The van der Waals surface area contributed by atoms with Crippen LogP contribution in [0, 0.1) is 13.8 Å². The fourth-order valence-corrected chi connectivity index (χ4v) is 2.57. The number of benzene rings is 1. The summed E-state index contributed by atoms with van der Waals surface area (Å²) in [6, 6.07) is 11.7. The lowest BCUT2D eigenvalue weighted by atomic mass is 10.1. The molecule has 0 fully saturated rings. The molecule has 25 heavy (non-hydrogen) atoms. The zero-order valence-corrected chi connectivity index (χ0v) is 15.2. The normalized spacial score (nSPS) is 13.1. The van der Waals surface area contributed by atoms with E-state index in [1.165, 1.54) is 5.56 Å². The van der Waals surface area contributed by atoms with Gasteiger partial charge in [-0.25, -0.2) is 4.79 Å². The van der Waals surface area contributed by atoms with Gasteiger partial charge in [0.25, 0.3) is 5.91 Å². The van der Waals surface area contributed by atoms with Crippen molar-refractivity contribution >= 4 is 11.9 Å². The standard InChI is InChI=1S/C20H25NO4/c1-13(10-11-17-8-6-5-7-9-17)21-19(22)16(4)25-20(23)18-12-14(2)24-15(18)3/h5-9,12-13,16H,10-11H2,1-4H3,(H,21,22)/t13-,16-/m1/s1. The Balaban J connectivity index is 1.81. The van der Waals surface area contributed by atoms with Crippen LogP contribution >= 0.6 is 0 Å². The van der Waals surface area contributed by atoms with Crippen LogP contribution in [0.2, 0.25) is 0 Å². The molecule has 0 aliphatic heterocycles. The summed E-state index contributed by atoms with van der Waals surface area (Å²) in [5.74, 6) is 0.281. The van der Waals surface area contributed by atoms with Crippen molar-refractivity contribution in [3.05, 3.63) is 59.0 Å². The zero-order chi connectivity index (χ0) is 18.4. The zero-order valence-electron chi connectivity index (χ0n) is 15.2. The average Bonchev–Trinajstić information content (AvgIpc) is 2.92. The Kier molecular flexibility index (Phi) is 6.39. The summed E-state index contributed by atoms with van der Waals surface area (Å²) in [6.07, 6.45) is 0.835. The first kappa shape index (κ1) is 18.8. The molecule has 2 atom stereocenters. The van der Waals surface area contributed by atoms with E-state index in [1.54, 1.807) is 26.8 Å². The van der Waals surface area contributed by atoms with Gasteiger partial charge < -0.3 is 14.5 Å². The summed E-state index contributed by atoms with van der Waals surface area (Å²) in [5, 5.41) is 2.89. The Morgan fingerprint density at radius 3 is 2.44 bits per heavy atom. The van der Waals surface area contributed by atoms with Crippen LogP contribution < -0.4 is 5.32 Å². The van der Waals surface area contributed by atoms with E-state index in [1.807, 2.05) is 25.1 Å². The highest BCUT2D eigenvalue weighted by Gasteiger charge is 2.22. The lowest BCUT2D eigenvalue weighted by Gasteiger charge is -2.18. The molecule has 1 N–H and O–H groups in total. The molecule has 1 amide bonds. The quantitative estimate of drug-likeness (QED) is 0.780. The fraction of sp³-hybridized carbons (Fsp3) is 0.400. The number of amides is 1. The minimum Gasteiger partial charge on any atom is -0.466 e. The third kappa shape index (κ3) is 5.48. The van der Waals surface area contributed by atoms with Gasteiger partial charge in [-0.3, -0.25) is 4.79 Å². The van der Waals surface area contributed by atoms with Crippen LogP contribution in [0.25, 0.3) is 0 Å². The molecule has 1 aromatic carbocycles. The summed E-state index contributed by atoms with van der Waals surface area (Å²) in [6.45, 7) is 6.96. The van der Waals surface area contributed by atoms with Crippen molar-refractivity contribution < 1.29 is 18.7 Å². The molecular formula is C20H25NO4. The van der Waals surface area contributed by atoms with E-state index in [0.29, 0.717) is 17.1 Å². The molecule has 0 aliphatic carbocycles. The van der Waals surface area contributed by atoms with Gasteiger partial charge in [0.15, 0.2) is 6.10 Å². The Labute approximate surface area is 148 Å². The average molecular weight is 343 g/mol. The monoisotopic (exact) mass is 343 g/mol. The highest BCUT2D eigenvalue weighted by Crippen LogP contribution is 2.15. The first-order valence-corrected chi connectivity index (χ1v) is 8.49. The van der Waals surface area contributed by atoms with E-state index in [4.69, 9.17) is 9.15 Å². The molecule has 5 heteroatoms. The highest BCUT2D eigenvalue weighted by atomic mass is 16.5. The number of esters is 1. The van der Waals surface area contributed by atoms with Crippen molar-refractivity contribution in [1.82, 2.24) is 5.32 Å². The van der Waals surface area contributed by atoms with Crippen molar-refractivity contribution in [2.45, 2.75) is 52.7 Å². The van der Waals surface area contributed by atoms with E-state index < -0.39 is 12.1 Å². The van der Waals surface area contributed by atoms with E-state index >= 15 is 0 Å². The lowest BCUT2D eigenvalue weighted by molar-refractivity contribution is -0.129. The number of nitrogens with one attached hydrogen (secondary N) is 1. The molecule has 2 rings (SSSR count). The van der Waals surface area contributed by atoms with Crippen LogP contribution in [0.3, 0.4) is 0 Å². The molecule has 0 spiro atoms. The van der Waals surface area contributed by atoms with E-state index in [9.17, 15) is 9.59 Å². The maximum Gasteiger partial charge on any atom is 0.342 e. The molecule has 1 heterocycles. The van der Waals surface area contributed by atoms with Gasteiger partial charge in [-0.1, -0.05) is 30.3 Å². The van der Waals surface area contributed by atoms with Crippen molar-refractivity contribution in [3.8, 4) is 0 Å². The van der Waals surface area contributed by atoms with Gasteiger partial charge in [-0.05, 0) is 52.2 Å². The second-order valence-electron chi connectivity index (χ2n) is 6.31. The van der Waals surface area contributed by atoms with Gasteiger partial charge in [-0.2, -0.15) is 0 Å². The van der Waals surface area contributed by atoms with E-state index in [-0.39, 0.29) is 11.9 Å². The Morgan fingerprint density at radius 2 is 1.84 bits per heavy atom. The number of carbonyl (C=O) groups excluding carboxylic acids is 2. The van der Waals surface area contributed by atoms with Crippen LogP contribution in [-0.4, -0.2) is 24.0 Å². The second-order valence-corrected chi connectivity index (χ2v) is 6.31. The maximum atomic E-state index is 12.2. The molecule has 0 saturated carbocycles. The van der Waals surface area contributed by atoms with Crippen LogP contribution in [0.15, 0.2) is 40.8 Å². The summed E-state index contributed by atoms with van der Waals surface area (Å²) in [4.78, 5) is 24.3. The second kappa shape index (κ2) is 8.51. The van der Waals surface area contributed by atoms with Gasteiger partial charge in [0.1, 0.15) is 17.1 Å². The van der Waals surface area contributed by atoms with Crippen molar-refractivity contribution in [3.63, 3.8) is 0 Å². The Morgan fingerprint density at radius 1 is 1.16 bits per heavy atom. The summed E-state index contributed by atoms with van der Waals surface area (Å²) < 4.78 is 10.6. The predicted octanol–water partition coefficient (Wildman–Crippen LogP) is 3.58. The Hall–Kier alpha value is -2.56. The van der Waals surface area contributed by atoms with Crippen LogP contribution in [0.1, 0.15) is 47.7 Å². The van der Waals surface area contributed by atoms with Gasteiger partial charge in [0, 0.05) is 6.04 Å². The molecular weight excluding hydrogens is 318 g/mol. The summed E-state index contributed by atoms with van der Waals surface area (Å²) >= 11 is 0. The SMILES string of the molecule is Cc1cc(C(=O)O[C@H](C)C(=O)N[C@H](C)CCc2ccccc2)c(C)o1. The first-order valence-electron chi connectivity index (χ1n) is 8.49. The molecule has 134 valence electrons. The van der Waals surface area contributed by atoms with Crippen molar-refractivity contribution in [2.24, 2.45) is 0 Å². The molecule has 5 nitrogen and oxygen atoms in total. The largest absolute Gasteiger partial charge is 0.466 e. The number of hydrogen-bond donors (Lipinski definition) is 1. The van der Waals surface area contributed by atoms with Crippen molar-refractivity contribution in [1.29, 1.82) is 0 Å². The predicted molar refractivity (Wildman–Crippen MR) is 95.4 cm³/mol.